The Kier molecular flexibility index (Phi) is 5.38. The Bertz CT molecular complexity index is 78.0. The second kappa shape index (κ2) is 5.52. The van der Waals surface area contributed by atoms with Crippen molar-refractivity contribution in [1.82, 2.24) is 5.32 Å². The average molecular weight is 154 g/mol. The van der Waals surface area contributed by atoms with E-state index in [0.29, 0.717) is 0 Å². The van der Waals surface area contributed by atoms with Gasteiger partial charge in [-0.05, 0) is 0 Å². The third-order valence-electron chi connectivity index (χ3n) is 1.07. The molecule has 0 amide bonds. The molecule has 0 saturated carbocycles. The third kappa shape index (κ3) is 4.60. The van der Waals surface area contributed by atoms with Crippen LogP contribution in [0.4, 0.5) is 8.78 Å². The topological polar surface area (TPSA) is 58.3 Å². The van der Waals surface area contributed by atoms with E-state index in [0.717, 1.165) is 0 Å². The maximum atomic E-state index is 11.5. The number of aliphatic hydroxyl groups is 1. The predicted octanol–water partition coefficient (Wildman–Crippen LogP) is -0.839. The van der Waals surface area contributed by atoms with Crippen molar-refractivity contribution in [2.24, 2.45) is 5.73 Å². The number of hydrogen-bond acceptors (Lipinski definition) is 3. The predicted molar refractivity (Wildman–Crippen MR) is 33.9 cm³/mol. The summed E-state index contributed by atoms with van der Waals surface area (Å²) < 4.78 is 23.0. The third-order valence-corrected chi connectivity index (χ3v) is 1.07. The normalized spacial score (nSPS) is 14.1. The van der Waals surface area contributed by atoms with Gasteiger partial charge >= 0.3 is 0 Å². The van der Waals surface area contributed by atoms with E-state index >= 15 is 0 Å². The molecule has 1 unspecified atom stereocenters. The zero-order valence-corrected chi connectivity index (χ0v) is 5.56. The Balaban J connectivity index is 3.26. The smallest absolute Gasteiger partial charge is 0.250 e. The zero-order chi connectivity index (χ0) is 7.98. The maximum absolute atomic E-state index is 11.5. The molecule has 0 radical (unpaired) electrons. The van der Waals surface area contributed by atoms with Gasteiger partial charge in [0.05, 0.1) is 13.2 Å². The second-order valence-electron chi connectivity index (χ2n) is 1.91. The summed E-state index contributed by atoms with van der Waals surface area (Å²) in [5.74, 6) is 0. The quantitative estimate of drug-likeness (QED) is 0.484. The minimum Gasteiger partial charge on any atom is -0.395 e. The van der Waals surface area contributed by atoms with E-state index < -0.39 is 19.0 Å². The Morgan fingerprint density at radius 1 is 1.50 bits per heavy atom. The SMILES string of the molecule is NCC(CO)NCC(F)F. The summed E-state index contributed by atoms with van der Waals surface area (Å²) in [5, 5.41) is 10.8. The fourth-order valence-corrected chi connectivity index (χ4v) is 0.478. The Morgan fingerprint density at radius 2 is 2.10 bits per heavy atom. The minimum absolute atomic E-state index is 0.170. The number of nitrogens with two attached hydrogens (primary N) is 1. The minimum atomic E-state index is -2.39. The molecule has 0 saturated heterocycles. The lowest BCUT2D eigenvalue weighted by Crippen LogP contribution is -2.41. The number of aliphatic hydroxyl groups excluding tert-OH is 1. The molecule has 0 aliphatic carbocycles. The number of hydrogen-bond donors (Lipinski definition) is 3. The van der Waals surface area contributed by atoms with Gasteiger partial charge in [0, 0.05) is 12.6 Å². The lowest BCUT2D eigenvalue weighted by atomic mass is 10.3. The highest BCUT2D eigenvalue weighted by molar-refractivity contribution is 4.65. The molecular formula is C5H12F2N2O. The lowest BCUT2D eigenvalue weighted by Gasteiger charge is -2.12. The van der Waals surface area contributed by atoms with Crippen LogP contribution in [0.5, 0.6) is 0 Å². The molecule has 3 nitrogen and oxygen atoms in total. The summed E-state index contributed by atoms with van der Waals surface area (Å²) in [7, 11) is 0. The molecule has 0 fully saturated rings. The fraction of sp³-hybridized carbons (Fsp3) is 1.00. The molecule has 0 aromatic carbocycles. The van der Waals surface area contributed by atoms with E-state index in [-0.39, 0.29) is 13.2 Å². The lowest BCUT2D eigenvalue weighted by molar-refractivity contribution is 0.134. The van der Waals surface area contributed by atoms with Gasteiger partial charge in [0.15, 0.2) is 0 Å². The molecule has 1 atom stereocenters. The Labute approximate surface area is 58.2 Å². The number of halogens is 2. The first-order valence-corrected chi connectivity index (χ1v) is 3.03. The van der Waals surface area contributed by atoms with Crippen molar-refractivity contribution in [3.63, 3.8) is 0 Å². The molecular weight excluding hydrogens is 142 g/mol. The summed E-state index contributed by atoms with van der Waals surface area (Å²) in [5.41, 5.74) is 5.10. The summed E-state index contributed by atoms with van der Waals surface area (Å²) >= 11 is 0. The van der Waals surface area contributed by atoms with E-state index in [2.05, 4.69) is 5.32 Å². The van der Waals surface area contributed by atoms with Gasteiger partial charge in [0.25, 0.3) is 6.43 Å². The number of nitrogens with one attached hydrogen (secondary N) is 1. The van der Waals surface area contributed by atoms with Crippen molar-refractivity contribution < 1.29 is 13.9 Å². The molecule has 0 aliphatic heterocycles. The van der Waals surface area contributed by atoms with E-state index in [9.17, 15) is 8.78 Å². The number of alkyl halides is 2. The molecule has 5 heteroatoms. The molecule has 0 aromatic heterocycles. The maximum Gasteiger partial charge on any atom is 0.250 e. The Morgan fingerprint density at radius 3 is 2.40 bits per heavy atom. The molecule has 0 aromatic rings. The summed E-state index contributed by atoms with van der Waals surface area (Å²) in [6, 6.07) is -0.408. The molecule has 62 valence electrons. The summed E-state index contributed by atoms with van der Waals surface area (Å²) in [4.78, 5) is 0. The first-order valence-electron chi connectivity index (χ1n) is 3.03. The van der Waals surface area contributed by atoms with Crippen molar-refractivity contribution in [3.05, 3.63) is 0 Å². The molecule has 0 heterocycles. The van der Waals surface area contributed by atoms with Crippen molar-refractivity contribution in [2.45, 2.75) is 12.5 Å². The standard InChI is InChI=1S/C5H12F2N2O/c6-5(7)2-9-4(1-8)3-10/h4-5,9-10H,1-3,8H2. The van der Waals surface area contributed by atoms with Gasteiger partial charge in [0.1, 0.15) is 0 Å². The fourth-order valence-electron chi connectivity index (χ4n) is 0.478. The van der Waals surface area contributed by atoms with Crippen LogP contribution >= 0.6 is 0 Å². The number of rotatable bonds is 5. The summed E-state index contributed by atoms with van der Waals surface area (Å²) in [6.45, 7) is -0.450. The average Bonchev–Trinajstić information content (AvgIpc) is 1.90. The van der Waals surface area contributed by atoms with Crippen LogP contribution in [0.3, 0.4) is 0 Å². The van der Waals surface area contributed by atoms with E-state index in [1.54, 1.807) is 0 Å². The van der Waals surface area contributed by atoms with Gasteiger partial charge in [-0.1, -0.05) is 0 Å². The van der Waals surface area contributed by atoms with Gasteiger partial charge in [-0.3, -0.25) is 0 Å². The molecule has 0 bridgehead atoms. The highest BCUT2D eigenvalue weighted by Gasteiger charge is 2.07. The molecule has 0 rings (SSSR count). The largest absolute Gasteiger partial charge is 0.395 e. The van der Waals surface area contributed by atoms with Gasteiger partial charge in [-0.2, -0.15) is 0 Å². The first kappa shape index (κ1) is 9.74. The van der Waals surface area contributed by atoms with Gasteiger partial charge in [0.2, 0.25) is 0 Å². The van der Waals surface area contributed by atoms with Crippen molar-refractivity contribution >= 4 is 0 Å². The molecule has 10 heavy (non-hydrogen) atoms. The van der Waals surface area contributed by atoms with E-state index in [1.807, 2.05) is 0 Å². The van der Waals surface area contributed by atoms with Gasteiger partial charge in [-0.15, -0.1) is 0 Å². The molecule has 4 N–H and O–H groups in total. The Hall–Kier alpha value is -0.260. The van der Waals surface area contributed by atoms with Crippen LogP contribution in [0, 0.1) is 0 Å². The highest BCUT2D eigenvalue weighted by atomic mass is 19.3. The molecule has 0 spiro atoms. The summed E-state index contributed by atoms with van der Waals surface area (Å²) in [6.07, 6.45) is -2.39. The van der Waals surface area contributed by atoms with Crippen LogP contribution in [-0.2, 0) is 0 Å². The van der Waals surface area contributed by atoms with E-state index in [4.69, 9.17) is 10.8 Å². The van der Waals surface area contributed by atoms with Crippen molar-refractivity contribution in [1.29, 1.82) is 0 Å². The van der Waals surface area contributed by atoms with Crippen LogP contribution < -0.4 is 11.1 Å². The van der Waals surface area contributed by atoms with E-state index in [1.165, 1.54) is 0 Å². The first-order chi connectivity index (χ1) is 4.70. The van der Waals surface area contributed by atoms with Gasteiger partial charge in [-0.25, -0.2) is 8.78 Å². The van der Waals surface area contributed by atoms with Crippen LogP contribution in [-0.4, -0.2) is 37.3 Å². The van der Waals surface area contributed by atoms with Crippen LogP contribution in [0.15, 0.2) is 0 Å². The van der Waals surface area contributed by atoms with Crippen LogP contribution in [0.1, 0.15) is 0 Å². The zero-order valence-electron chi connectivity index (χ0n) is 5.56. The monoisotopic (exact) mass is 154 g/mol. The highest BCUT2D eigenvalue weighted by Crippen LogP contribution is 1.88. The van der Waals surface area contributed by atoms with Gasteiger partial charge < -0.3 is 16.2 Å². The van der Waals surface area contributed by atoms with Crippen LogP contribution in [0.25, 0.3) is 0 Å². The van der Waals surface area contributed by atoms with Crippen molar-refractivity contribution in [2.75, 3.05) is 19.7 Å². The van der Waals surface area contributed by atoms with Crippen molar-refractivity contribution in [3.8, 4) is 0 Å². The second-order valence-corrected chi connectivity index (χ2v) is 1.91. The molecule has 0 aliphatic rings. The van der Waals surface area contributed by atoms with Crippen LogP contribution in [0.2, 0.25) is 0 Å².